The summed E-state index contributed by atoms with van der Waals surface area (Å²) in [5.74, 6) is -2.24. The van der Waals surface area contributed by atoms with Crippen molar-refractivity contribution in [2.45, 2.75) is 6.04 Å². The molecule has 1 amide bonds. The number of aromatic nitrogens is 1. The third-order valence-electron chi connectivity index (χ3n) is 6.21. The lowest BCUT2D eigenvalue weighted by Gasteiger charge is -2.26. The molecule has 7 nitrogen and oxygen atoms in total. The molecule has 0 spiro atoms. The minimum Gasteiger partial charge on any atom is -0.506 e. The molecular weight excluding hydrogens is 512 g/mol. The molecule has 1 atom stereocenters. The lowest BCUT2D eigenvalue weighted by atomic mass is 9.94. The number of nitrogens with one attached hydrogen (secondary N) is 1. The van der Waals surface area contributed by atoms with Gasteiger partial charge in [-0.2, -0.15) is 0 Å². The topological polar surface area (TPSA) is 107 Å². The zero-order chi connectivity index (χ0) is 24.3. The predicted octanol–water partition coefficient (Wildman–Crippen LogP) is 6.17. The number of benzene rings is 3. The largest absolute Gasteiger partial charge is 0.506 e. The average molecular weight is 529 g/mol. The van der Waals surface area contributed by atoms with Gasteiger partial charge < -0.3 is 19.6 Å². The first-order valence-electron chi connectivity index (χ1n) is 10.8. The summed E-state index contributed by atoms with van der Waals surface area (Å²) in [4.78, 5) is 31.6. The Morgan fingerprint density at radius 1 is 1.00 bits per heavy atom. The van der Waals surface area contributed by atoms with Gasteiger partial charge in [0.1, 0.15) is 11.3 Å². The smallest absolute Gasteiger partial charge is 0.294 e. The number of aromatic hydroxyl groups is 1. The number of H-pyrrole nitrogens is 1. The number of Topliss-reactive ketones (excluding diaryl/α,β-unsaturated/α-hetero) is 1. The first-order valence-corrected chi connectivity index (χ1v) is 11.6. The van der Waals surface area contributed by atoms with Crippen LogP contribution in [0.5, 0.6) is 5.75 Å². The SMILES string of the molecule is O=C(C1=C(O)C(=O)N(c2ccccc2O)C1c1c[nH]c2ccccc12)c1cc2cc(Br)ccc2o1. The highest BCUT2D eigenvalue weighted by molar-refractivity contribution is 9.10. The summed E-state index contributed by atoms with van der Waals surface area (Å²) in [6.45, 7) is 0. The Kier molecular flexibility index (Phi) is 4.79. The average Bonchev–Trinajstić information content (AvgIpc) is 3.53. The molecule has 0 bridgehead atoms. The lowest BCUT2D eigenvalue weighted by molar-refractivity contribution is -0.117. The van der Waals surface area contributed by atoms with Gasteiger partial charge in [0.25, 0.3) is 5.91 Å². The van der Waals surface area contributed by atoms with Gasteiger partial charge in [-0.05, 0) is 42.5 Å². The lowest BCUT2D eigenvalue weighted by Crippen LogP contribution is -2.31. The third kappa shape index (κ3) is 3.25. The number of furan rings is 1. The number of fused-ring (bicyclic) bond motifs is 2. The summed E-state index contributed by atoms with van der Waals surface area (Å²) >= 11 is 3.41. The first kappa shape index (κ1) is 21.2. The van der Waals surface area contributed by atoms with Crippen molar-refractivity contribution in [3.05, 3.63) is 106 Å². The number of phenols is 1. The maximum atomic E-state index is 13.8. The zero-order valence-electron chi connectivity index (χ0n) is 18.0. The number of carbonyl (C=O) groups excluding carboxylic acids is 2. The number of rotatable bonds is 4. The molecule has 1 aliphatic rings. The summed E-state index contributed by atoms with van der Waals surface area (Å²) in [7, 11) is 0. The van der Waals surface area contributed by atoms with Crippen LogP contribution < -0.4 is 4.90 Å². The highest BCUT2D eigenvalue weighted by Crippen LogP contribution is 2.46. The van der Waals surface area contributed by atoms with E-state index in [9.17, 15) is 19.8 Å². The number of anilines is 1. The van der Waals surface area contributed by atoms with Gasteiger partial charge >= 0.3 is 0 Å². The molecule has 0 fully saturated rings. The number of hydrogen-bond acceptors (Lipinski definition) is 5. The Labute approximate surface area is 207 Å². The fraction of sp³-hybridized carbons (Fsp3) is 0.0370. The number of para-hydroxylation sites is 3. The van der Waals surface area contributed by atoms with Crippen molar-refractivity contribution in [1.82, 2.24) is 4.98 Å². The molecule has 5 aromatic rings. The van der Waals surface area contributed by atoms with Crippen LogP contribution >= 0.6 is 15.9 Å². The van der Waals surface area contributed by atoms with E-state index in [0.717, 1.165) is 15.4 Å². The quantitative estimate of drug-likeness (QED) is 0.242. The fourth-order valence-electron chi connectivity index (χ4n) is 4.63. The van der Waals surface area contributed by atoms with E-state index < -0.39 is 23.5 Å². The van der Waals surface area contributed by atoms with Crippen molar-refractivity contribution in [1.29, 1.82) is 0 Å². The van der Waals surface area contributed by atoms with E-state index in [1.165, 1.54) is 11.0 Å². The summed E-state index contributed by atoms with van der Waals surface area (Å²) in [6, 6.07) is 19.7. The second kappa shape index (κ2) is 7.89. The van der Waals surface area contributed by atoms with Crippen LogP contribution in [0.25, 0.3) is 21.9 Å². The maximum absolute atomic E-state index is 13.8. The van der Waals surface area contributed by atoms with Gasteiger partial charge in [0.15, 0.2) is 11.5 Å². The van der Waals surface area contributed by atoms with E-state index in [-0.39, 0.29) is 22.8 Å². The van der Waals surface area contributed by atoms with Crippen molar-refractivity contribution in [2.75, 3.05) is 4.90 Å². The van der Waals surface area contributed by atoms with Crippen LogP contribution in [0, 0.1) is 0 Å². The van der Waals surface area contributed by atoms with Gasteiger partial charge in [-0.15, -0.1) is 0 Å². The third-order valence-corrected chi connectivity index (χ3v) is 6.71. The van der Waals surface area contributed by atoms with Crippen molar-refractivity contribution in [3.8, 4) is 5.75 Å². The molecule has 0 saturated heterocycles. The van der Waals surface area contributed by atoms with E-state index in [4.69, 9.17) is 4.42 Å². The normalized spacial score (nSPS) is 16.1. The number of carbonyl (C=O) groups is 2. The monoisotopic (exact) mass is 528 g/mol. The molecule has 0 aliphatic carbocycles. The molecule has 0 saturated carbocycles. The van der Waals surface area contributed by atoms with Crippen LogP contribution in [0.2, 0.25) is 0 Å². The molecule has 2 aromatic heterocycles. The van der Waals surface area contributed by atoms with Crippen LogP contribution in [-0.4, -0.2) is 26.9 Å². The van der Waals surface area contributed by atoms with Gasteiger partial charge in [-0.25, -0.2) is 0 Å². The zero-order valence-corrected chi connectivity index (χ0v) is 19.6. The van der Waals surface area contributed by atoms with Gasteiger partial charge in [0, 0.05) is 32.5 Å². The standard InChI is InChI=1S/C27H17BrN2O5/c28-15-9-10-21-14(11-15)12-22(35-21)25(32)23-24(17-13-29-18-6-2-1-5-16(17)18)30(27(34)26(23)33)19-7-3-4-8-20(19)31/h1-13,24,29,31,33H. The van der Waals surface area contributed by atoms with Gasteiger partial charge in [-0.1, -0.05) is 46.3 Å². The maximum Gasteiger partial charge on any atom is 0.294 e. The second-order valence-electron chi connectivity index (χ2n) is 8.24. The molecule has 1 aliphatic heterocycles. The molecule has 8 heteroatoms. The van der Waals surface area contributed by atoms with Crippen molar-refractivity contribution in [2.24, 2.45) is 0 Å². The molecular formula is C27H17BrN2O5. The fourth-order valence-corrected chi connectivity index (χ4v) is 5.01. The predicted molar refractivity (Wildman–Crippen MR) is 135 cm³/mol. The van der Waals surface area contributed by atoms with Crippen LogP contribution in [0.15, 0.2) is 99.2 Å². The van der Waals surface area contributed by atoms with E-state index >= 15 is 0 Å². The highest BCUT2D eigenvalue weighted by Gasteiger charge is 2.46. The molecule has 3 heterocycles. The molecule has 3 aromatic carbocycles. The number of nitrogens with zero attached hydrogens (tertiary/aromatic N) is 1. The number of ketones is 1. The molecule has 6 rings (SSSR count). The minimum atomic E-state index is -1.00. The van der Waals surface area contributed by atoms with Crippen LogP contribution in [0.4, 0.5) is 5.69 Å². The number of aliphatic hydroxyl groups is 1. The molecule has 172 valence electrons. The Balaban J connectivity index is 1.56. The van der Waals surface area contributed by atoms with Gasteiger partial charge in [-0.3, -0.25) is 14.5 Å². The number of aromatic amines is 1. The van der Waals surface area contributed by atoms with Crippen LogP contribution in [-0.2, 0) is 4.79 Å². The van der Waals surface area contributed by atoms with Gasteiger partial charge in [0.2, 0.25) is 5.78 Å². The second-order valence-corrected chi connectivity index (χ2v) is 9.16. The van der Waals surface area contributed by atoms with E-state index in [1.807, 2.05) is 30.3 Å². The number of aliphatic hydroxyl groups excluding tert-OH is 1. The van der Waals surface area contributed by atoms with Gasteiger partial charge in [0.05, 0.1) is 17.3 Å². The Morgan fingerprint density at radius 2 is 1.77 bits per heavy atom. The highest BCUT2D eigenvalue weighted by atomic mass is 79.9. The van der Waals surface area contributed by atoms with Crippen molar-refractivity contribution < 1.29 is 24.2 Å². The molecule has 0 radical (unpaired) electrons. The summed E-state index contributed by atoms with van der Waals surface area (Å²) < 4.78 is 6.62. The Morgan fingerprint density at radius 3 is 2.60 bits per heavy atom. The van der Waals surface area contributed by atoms with E-state index in [1.54, 1.807) is 42.6 Å². The summed E-state index contributed by atoms with van der Waals surface area (Å²) in [5, 5.41) is 23.0. The molecule has 3 N–H and O–H groups in total. The minimum absolute atomic E-state index is 0.00331. The number of amides is 1. The number of phenolic OH excluding ortho intramolecular Hbond substituents is 1. The number of halogens is 1. The first-order chi connectivity index (χ1) is 16.9. The van der Waals surface area contributed by atoms with Crippen molar-refractivity contribution in [3.63, 3.8) is 0 Å². The van der Waals surface area contributed by atoms with Crippen LogP contribution in [0.3, 0.4) is 0 Å². The Hall–Kier alpha value is -4.30. The molecule has 35 heavy (non-hydrogen) atoms. The van der Waals surface area contributed by atoms with E-state index in [0.29, 0.717) is 16.5 Å². The summed E-state index contributed by atoms with van der Waals surface area (Å²) in [5.41, 5.74) is 1.96. The van der Waals surface area contributed by atoms with Crippen LogP contribution in [0.1, 0.15) is 22.2 Å². The van der Waals surface area contributed by atoms with Crippen molar-refractivity contribution >= 4 is 55.2 Å². The summed E-state index contributed by atoms with van der Waals surface area (Å²) in [6.07, 6.45) is 1.71. The Bertz CT molecular complexity index is 1700. The van der Waals surface area contributed by atoms with E-state index in [2.05, 4.69) is 20.9 Å². The number of hydrogen-bond donors (Lipinski definition) is 3. The molecule has 1 unspecified atom stereocenters.